The van der Waals surface area contributed by atoms with E-state index in [1.54, 1.807) is 10.9 Å². The zero-order valence-corrected chi connectivity index (χ0v) is 12.2. The van der Waals surface area contributed by atoms with E-state index in [1.165, 1.54) is 0 Å². The number of ether oxygens (including phenoxy) is 1. The Bertz CT molecular complexity index is 622. The van der Waals surface area contributed by atoms with Gasteiger partial charge in [0, 0.05) is 12.6 Å². The summed E-state index contributed by atoms with van der Waals surface area (Å²) in [5, 5.41) is 16.5. The number of carboxylic acid groups (broad SMARTS) is 1. The standard InChI is InChI=1S/C15H19N3O3/c1-11-3-4-12(2)14(9-11)21-8-7-18-10-13(16-17-18)5-6-15(19)20/h3-4,9-10H,5-8H2,1-2H3,(H,19,20). The molecular weight excluding hydrogens is 270 g/mol. The monoisotopic (exact) mass is 289 g/mol. The molecule has 0 atom stereocenters. The Hall–Kier alpha value is -2.37. The molecule has 0 saturated carbocycles. The van der Waals surface area contributed by atoms with Crippen LogP contribution in [0.25, 0.3) is 0 Å². The SMILES string of the molecule is Cc1ccc(C)c(OCCn2cc(CCC(=O)O)nn2)c1. The van der Waals surface area contributed by atoms with E-state index in [0.717, 1.165) is 16.9 Å². The van der Waals surface area contributed by atoms with E-state index in [2.05, 4.69) is 10.3 Å². The summed E-state index contributed by atoms with van der Waals surface area (Å²) in [4.78, 5) is 10.5. The zero-order chi connectivity index (χ0) is 15.2. The molecule has 2 rings (SSSR count). The molecule has 21 heavy (non-hydrogen) atoms. The van der Waals surface area contributed by atoms with Crippen LogP contribution in [0.4, 0.5) is 0 Å². The summed E-state index contributed by atoms with van der Waals surface area (Å²) in [6, 6.07) is 6.09. The van der Waals surface area contributed by atoms with E-state index in [1.807, 2.05) is 32.0 Å². The normalized spacial score (nSPS) is 10.6. The van der Waals surface area contributed by atoms with Crippen molar-refractivity contribution in [2.45, 2.75) is 33.2 Å². The minimum absolute atomic E-state index is 0.0671. The molecule has 6 heteroatoms. The van der Waals surface area contributed by atoms with Crippen molar-refractivity contribution >= 4 is 5.97 Å². The van der Waals surface area contributed by atoms with E-state index in [4.69, 9.17) is 9.84 Å². The van der Waals surface area contributed by atoms with Gasteiger partial charge in [-0.25, -0.2) is 4.68 Å². The van der Waals surface area contributed by atoms with Gasteiger partial charge in [-0.05, 0) is 31.0 Å². The van der Waals surface area contributed by atoms with E-state index < -0.39 is 5.97 Å². The van der Waals surface area contributed by atoms with Crippen LogP contribution >= 0.6 is 0 Å². The smallest absolute Gasteiger partial charge is 0.303 e. The molecule has 0 spiro atoms. The maximum absolute atomic E-state index is 10.5. The van der Waals surface area contributed by atoms with Gasteiger partial charge < -0.3 is 9.84 Å². The largest absolute Gasteiger partial charge is 0.491 e. The first-order valence-corrected chi connectivity index (χ1v) is 6.85. The van der Waals surface area contributed by atoms with Crippen molar-refractivity contribution in [3.05, 3.63) is 41.2 Å². The van der Waals surface area contributed by atoms with Gasteiger partial charge in [0.05, 0.1) is 18.7 Å². The molecular formula is C15H19N3O3. The molecule has 2 aromatic rings. The lowest BCUT2D eigenvalue weighted by molar-refractivity contribution is -0.136. The molecule has 0 fully saturated rings. The Morgan fingerprint density at radius 3 is 2.95 bits per heavy atom. The van der Waals surface area contributed by atoms with Gasteiger partial charge in [0.25, 0.3) is 0 Å². The van der Waals surface area contributed by atoms with Crippen molar-refractivity contribution in [2.75, 3.05) is 6.61 Å². The van der Waals surface area contributed by atoms with Crippen molar-refractivity contribution in [2.24, 2.45) is 0 Å². The summed E-state index contributed by atoms with van der Waals surface area (Å²) in [5.41, 5.74) is 2.94. The van der Waals surface area contributed by atoms with Crippen LogP contribution in [-0.2, 0) is 17.8 Å². The topological polar surface area (TPSA) is 77.2 Å². The third-order valence-electron chi connectivity index (χ3n) is 3.10. The number of benzene rings is 1. The van der Waals surface area contributed by atoms with Crippen LogP contribution in [0.5, 0.6) is 5.75 Å². The number of carbonyl (C=O) groups is 1. The molecule has 0 amide bonds. The quantitative estimate of drug-likeness (QED) is 0.843. The number of aryl methyl sites for hydroxylation is 3. The zero-order valence-electron chi connectivity index (χ0n) is 12.2. The Kier molecular flexibility index (Phi) is 4.92. The molecule has 1 aromatic heterocycles. The van der Waals surface area contributed by atoms with Gasteiger partial charge in [-0.1, -0.05) is 17.3 Å². The van der Waals surface area contributed by atoms with Crippen molar-refractivity contribution in [3.63, 3.8) is 0 Å². The maximum Gasteiger partial charge on any atom is 0.303 e. The summed E-state index contributed by atoms with van der Waals surface area (Å²) in [5.74, 6) is 0.0454. The summed E-state index contributed by atoms with van der Waals surface area (Å²) in [6.45, 7) is 5.10. The molecule has 112 valence electrons. The molecule has 0 aliphatic heterocycles. The summed E-state index contributed by atoms with van der Waals surface area (Å²) >= 11 is 0. The summed E-state index contributed by atoms with van der Waals surface area (Å²) in [6.07, 6.45) is 2.22. The number of rotatable bonds is 7. The van der Waals surface area contributed by atoms with Crippen LogP contribution < -0.4 is 4.74 Å². The van der Waals surface area contributed by atoms with Gasteiger partial charge in [0.1, 0.15) is 12.4 Å². The number of aromatic nitrogens is 3. The first kappa shape index (κ1) is 15.0. The Labute approximate surface area is 123 Å². The number of hydrogen-bond donors (Lipinski definition) is 1. The Morgan fingerprint density at radius 1 is 1.38 bits per heavy atom. The van der Waals surface area contributed by atoms with Crippen molar-refractivity contribution < 1.29 is 14.6 Å². The Morgan fingerprint density at radius 2 is 2.19 bits per heavy atom. The van der Waals surface area contributed by atoms with Crippen LogP contribution in [0.1, 0.15) is 23.2 Å². The molecule has 0 bridgehead atoms. The average Bonchev–Trinajstić information content (AvgIpc) is 2.88. The first-order valence-electron chi connectivity index (χ1n) is 6.85. The fourth-order valence-corrected chi connectivity index (χ4v) is 1.91. The van der Waals surface area contributed by atoms with Crippen molar-refractivity contribution in [1.82, 2.24) is 15.0 Å². The van der Waals surface area contributed by atoms with Crippen LogP contribution in [0, 0.1) is 13.8 Å². The third kappa shape index (κ3) is 4.59. The second-order valence-corrected chi connectivity index (χ2v) is 4.98. The Balaban J connectivity index is 1.83. The van der Waals surface area contributed by atoms with Gasteiger partial charge in [0.15, 0.2) is 0 Å². The molecule has 0 unspecified atom stereocenters. The highest BCUT2D eigenvalue weighted by molar-refractivity contribution is 5.66. The molecule has 0 aliphatic carbocycles. The molecule has 0 aliphatic rings. The predicted octanol–water partition coefficient (Wildman–Crippen LogP) is 1.99. The van der Waals surface area contributed by atoms with E-state index in [9.17, 15) is 4.79 Å². The van der Waals surface area contributed by atoms with Crippen LogP contribution in [-0.4, -0.2) is 32.7 Å². The lowest BCUT2D eigenvalue weighted by Crippen LogP contribution is -2.09. The predicted molar refractivity (Wildman–Crippen MR) is 77.4 cm³/mol. The second-order valence-electron chi connectivity index (χ2n) is 4.98. The third-order valence-corrected chi connectivity index (χ3v) is 3.10. The van der Waals surface area contributed by atoms with Crippen molar-refractivity contribution in [3.8, 4) is 5.75 Å². The minimum Gasteiger partial charge on any atom is -0.491 e. The van der Waals surface area contributed by atoms with Gasteiger partial charge in [0.2, 0.25) is 0 Å². The van der Waals surface area contributed by atoms with Gasteiger partial charge in [-0.15, -0.1) is 5.10 Å². The minimum atomic E-state index is -0.831. The number of nitrogens with zero attached hydrogens (tertiary/aromatic N) is 3. The lowest BCUT2D eigenvalue weighted by Gasteiger charge is -2.09. The maximum atomic E-state index is 10.5. The molecule has 0 saturated heterocycles. The highest BCUT2D eigenvalue weighted by atomic mass is 16.5. The summed E-state index contributed by atoms with van der Waals surface area (Å²) < 4.78 is 7.42. The molecule has 1 aromatic carbocycles. The highest BCUT2D eigenvalue weighted by Gasteiger charge is 2.05. The average molecular weight is 289 g/mol. The molecule has 0 radical (unpaired) electrons. The molecule has 6 nitrogen and oxygen atoms in total. The van der Waals surface area contributed by atoms with Gasteiger partial charge >= 0.3 is 5.97 Å². The van der Waals surface area contributed by atoms with Gasteiger partial charge in [-0.2, -0.15) is 0 Å². The fourth-order valence-electron chi connectivity index (χ4n) is 1.91. The number of hydrogen-bond acceptors (Lipinski definition) is 4. The van der Waals surface area contributed by atoms with Crippen LogP contribution in [0.3, 0.4) is 0 Å². The van der Waals surface area contributed by atoms with Crippen LogP contribution in [0.15, 0.2) is 24.4 Å². The lowest BCUT2D eigenvalue weighted by atomic mass is 10.1. The second kappa shape index (κ2) is 6.88. The van der Waals surface area contributed by atoms with Gasteiger partial charge in [-0.3, -0.25) is 4.79 Å². The molecule has 1 N–H and O–H groups in total. The van der Waals surface area contributed by atoms with E-state index in [-0.39, 0.29) is 6.42 Å². The summed E-state index contributed by atoms with van der Waals surface area (Å²) in [7, 11) is 0. The number of carboxylic acids is 1. The molecule has 1 heterocycles. The number of aliphatic carboxylic acids is 1. The van der Waals surface area contributed by atoms with Crippen molar-refractivity contribution in [1.29, 1.82) is 0 Å². The fraction of sp³-hybridized carbons (Fsp3) is 0.400. The first-order chi connectivity index (χ1) is 10.0. The highest BCUT2D eigenvalue weighted by Crippen LogP contribution is 2.18. The van der Waals surface area contributed by atoms with Crippen LogP contribution in [0.2, 0.25) is 0 Å². The van der Waals surface area contributed by atoms with E-state index in [0.29, 0.717) is 25.3 Å². The van der Waals surface area contributed by atoms with E-state index >= 15 is 0 Å².